The fraction of sp³-hybridized carbons (Fsp3) is 0.600. The summed E-state index contributed by atoms with van der Waals surface area (Å²) in [6.45, 7) is 1.80. The number of fused-ring (bicyclic) bond motifs is 1. The molecule has 0 spiro atoms. The number of carbonyl (C=O) groups excluding carboxylic acids is 1. The fourth-order valence-corrected chi connectivity index (χ4v) is 3.85. The van der Waals surface area contributed by atoms with Gasteiger partial charge in [0.05, 0.1) is 6.54 Å². The zero-order valence-corrected chi connectivity index (χ0v) is 19.4. The molecule has 0 aliphatic carbocycles. The van der Waals surface area contributed by atoms with Crippen LogP contribution in [-0.2, 0) is 17.9 Å². The van der Waals surface area contributed by atoms with Crippen LogP contribution in [0.5, 0.6) is 0 Å². The van der Waals surface area contributed by atoms with Crippen LogP contribution in [0.3, 0.4) is 0 Å². The molecule has 1 fully saturated rings. The Morgan fingerprint density at radius 2 is 1.90 bits per heavy atom. The summed E-state index contributed by atoms with van der Waals surface area (Å²) < 4.78 is 37.5. The van der Waals surface area contributed by atoms with Crippen LogP contribution in [0.15, 0.2) is 29.3 Å². The third kappa shape index (κ3) is 7.29. The zero-order valence-electron chi connectivity index (χ0n) is 17.0. The standard InChI is InChI=1S/C20H28F3N5O.HI/c1-24-19(26-17-8-10-27(13-17)14-20(21,22)23)25-9-4-7-18(29)28-11-15-5-2-3-6-16(15)12-28;/h2-3,5-6,17H,4,7-14H2,1H3,(H2,24,25,26);1H. The molecule has 168 valence electrons. The highest BCUT2D eigenvalue weighted by Crippen LogP contribution is 2.23. The van der Waals surface area contributed by atoms with E-state index in [0.29, 0.717) is 57.9 Å². The minimum Gasteiger partial charge on any atom is -0.356 e. The van der Waals surface area contributed by atoms with Crippen LogP contribution in [0.25, 0.3) is 0 Å². The van der Waals surface area contributed by atoms with Gasteiger partial charge in [-0.3, -0.25) is 14.7 Å². The van der Waals surface area contributed by atoms with E-state index in [2.05, 4.69) is 27.8 Å². The number of nitrogens with one attached hydrogen (secondary N) is 2. The fourth-order valence-electron chi connectivity index (χ4n) is 3.85. The van der Waals surface area contributed by atoms with Crippen LogP contribution in [-0.4, -0.2) is 67.1 Å². The molecule has 1 aromatic carbocycles. The first-order valence-electron chi connectivity index (χ1n) is 9.95. The predicted molar refractivity (Wildman–Crippen MR) is 121 cm³/mol. The van der Waals surface area contributed by atoms with Gasteiger partial charge in [0.15, 0.2) is 5.96 Å². The molecule has 2 heterocycles. The average molecular weight is 539 g/mol. The lowest BCUT2D eigenvalue weighted by Gasteiger charge is -2.20. The summed E-state index contributed by atoms with van der Waals surface area (Å²) in [4.78, 5) is 19.8. The van der Waals surface area contributed by atoms with Gasteiger partial charge in [-0.2, -0.15) is 13.2 Å². The van der Waals surface area contributed by atoms with Crippen LogP contribution in [0.2, 0.25) is 0 Å². The van der Waals surface area contributed by atoms with E-state index in [1.165, 1.54) is 16.0 Å². The molecule has 0 saturated carbocycles. The average Bonchev–Trinajstić information content (AvgIpc) is 3.29. The maximum atomic E-state index is 12.5. The van der Waals surface area contributed by atoms with Crippen LogP contribution < -0.4 is 10.6 Å². The van der Waals surface area contributed by atoms with Crippen molar-refractivity contribution in [2.45, 2.75) is 44.6 Å². The molecule has 10 heteroatoms. The molecule has 0 aromatic heterocycles. The lowest BCUT2D eigenvalue weighted by molar-refractivity contribution is -0.143. The second-order valence-corrected chi connectivity index (χ2v) is 7.60. The number of hydrogen-bond acceptors (Lipinski definition) is 3. The van der Waals surface area contributed by atoms with Gasteiger partial charge in [0.2, 0.25) is 5.91 Å². The van der Waals surface area contributed by atoms with Crippen molar-refractivity contribution in [1.82, 2.24) is 20.4 Å². The molecule has 2 aliphatic heterocycles. The van der Waals surface area contributed by atoms with E-state index in [9.17, 15) is 18.0 Å². The van der Waals surface area contributed by atoms with E-state index >= 15 is 0 Å². The third-order valence-electron chi connectivity index (χ3n) is 5.29. The van der Waals surface area contributed by atoms with Gasteiger partial charge in [-0.1, -0.05) is 24.3 Å². The highest BCUT2D eigenvalue weighted by atomic mass is 127. The number of nitrogens with zero attached hydrogens (tertiary/aromatic N) is 3. The van der Waals surface area contributed by atoms with Crippen LogP contribution in [0, 0.1) is 0 Å². The molecule has 0 radical (unpaired) electrons. The van der Waals surface area contributed by atoms with Crippen molar-refractivity contribution >= 4 is 35.8 Å². The molecule has 30 heavy (non-hydrogen) atoms. The van der Waals surface area contributed by atoms with Gasteiger partial charge in [-0.05, 0) is 24.0 Å². The monoisotopic (exact) mass is 539 g/mol. The Hall–Kier alpha value is -1.56. The van der Waals surface area contributed by atoms with E-state index in [4.69, 9.17) is 0 Å². The number of amides is 1. The van der Waals surface area contributed by atoms with Crippen LogP contribution in [0.4, 0.5) is 13.2 Å². The van der Waals surface area contributed by atoms with Gasteiger partial charge in [0, 0.05) is 52.2 Å². The molecular weight excluding hydrogens is 510 g/mol. The largest absolute Gasteiger partial charge is 0.401 e. The molecule has 2 aliphatic rings. The highest BCUT2D eigenvalue weighted by Gasteiger charge is 2.34. The second-order valence-electron chi connectivity index (χ2n) is 7.60. The molecule has 1 unspecified atom stereocenters. The molecular formula is C20H29F3IN5O. The van der Waals surface area contributed by atoms with Crippen molar-refractivity contribution in [1.29, 1.82) is 0 Å². The first-order chi connectivity index (χ1) is 13.8. The molecule has 0 bridgehead atoms. The normalized spacial score (nSPS) is 19.4. The van der Waals surface area contributed by atoms with Crippen molar-refractivity contribution < 1.29 is 18.0 Å². The Kier molecular flexibility index (Phi) is 9.20. The van der Waals surface area contributed by atoms with Crippen LogP contribution in [0.1, 0.15) is 30.4 Å². The van der Waals surface area contributed by atoms with Gasteiger partial charge >= 0.3 is 6.18 Å². The first kappa shape index (κ1) is 24.7. The number of halogens is 4. The number of rotatable bonds is 6. The van der Waals surface area contributed by atoms with E-state index in [-0.39, 0.29) is 35.9 Å². The third-order valence-corrected chi connectivity index (χ3v) is 5.29. The van der Waals surface area contributed by atoms with Crippen molar-refractivity contribution in [2.24, 2.45) is 4.99 Å². The van der Waals surface area contributed by atoms with E-state index in [1.54, 1.807) is 7.05 Å². The second kappa shape index (κ2) is 11.2. The minimum absolute atomic E-state index is 0. The maximum Gasteiger partial charge on any atom is 0.401 e. The summed E-state index contributed by atoms with van der Waals surface area (Å²) in [5.74, 6) is 0.689. The van der Waals surface area contributed by atoms with Crippen LogP contribution >= 0.6 is 24.0 Å². The molecule has 1 atom stereocenters. The lowest BCUT2D eigenvalue weighted by Crippen LogP contribution is -2.45. The topological polar surface area (TPSA) is 60.0 Å². The summed E-state index contributed by atoms with van der Waals surface area (Å²) in [6.07, 6.45) is -2.42. The Morgan fingerprint density at radius 1 is 1.23 bits per heavy atom. The van der Waals surface area contributed by atoms with E-state index in [0.717, 1.165) is 0 Å². The van der Waals surface area contributed by atoms with Gasteiger partial charge in [0.25, 0.3) is 0 Å². The predicted octanol–water partition coefficient (Wildman–Crippen LogP) is 2.73. The van der Waals surface area contributed by atoms with Crippen molar-refractivity contribution in [3.05, 3.63) is 35.4 Å². The molecule has 6 nitrogen and oxygen atoms in total. The number of aliphatic imine (C=N–C) groups is 1. The number of hydrogen-bond donors (Lipinski definition) is 2. The Balaban J connectivity index is 0.00000320. The first-order valence-corrected chi connectivity index (χ1v) is 9.95. The Labute approximate surface area is 192 Å². The summed E-state index contributed by atoms with van der Waals surface area (Å²) >= 11 is 0. The number of carbonyl (C=O) groups is 1. The maximum absolute atomic E-state index is 12.5. The van der Waals surface area contributed by atoms with E-state index in [1.807, 2.05) is 17.0 Å². The summed E-state index contributed by atoms with van der Waals surface area (Å²) in [7, 11) is 1.63. The molecule has 1 saturated heterocycles. The van der Waals surface area contributed by atoms with Crippen molar-refractivity contribution in [3.63, 3.8) is 0 Å². The lowest BCUT2D eigenvalue weighted by atomic mass is 10.1. The van der Waals surface area contributed by atoms with Gasteiger partial charge in [-0.15, -0.1) is 24.0 Å². The van der Waals surface area contributed by atoms with Gasteiger partial charge in [0.1, 0.15) is 0 Å². The zero-order chi connectivity index (χ0) is 20.9. The highest BCUT2D eigenvalue weighted by molar-refractivity contribution is 14.0. The quantitative estimate of drug-likeness (QED) is 0.253. The Morgan fingerprint density at radius 3 is 2.50 bits per heavy atom. The van der Waals surface area contributed by atoms with Gasteiger partial charge in [-0.25, -0.2) is 0 Å². The SMILES string of the molecule is CN=C(NCCCC(=O)N1Cc2ccccc2C1)NC1CCN(CC(F)(F)F)C1.I. The summed E-state index contributed by atoms with van der Waals surface area (Å²) in [5.41, 5.74) is 2.42. The molecule has 1 amide bonds. The number of likely N-dealkylation sites (tertiary alicyclic amines) is 1. The number of alkyl halides is 3. The minimum atomic E-state index is -4.17. The smallest absolute Gasteiger partial charge is 0.356 e. The molecule has 3 rings (SSSR count). The van der Waals surface area contributed by atoms with E-state index < -0.39 is 12.7 Å². The number of benzene rings is 1. The Bertz CT molecular complexity index is 718. The van der Waals surface area contributed by atoms with Gasteiger partial charge < -0.3 is 15.5 Å². The summed E-state index contributed by atoms with van der Waals surface area (Å²) in [6, 6.07) is 8.02. The molecule has 2 N–H and O–H groups in total. The summed E-state index contributed by atoms with van der Waals surface area (Å²) in [5, 5.41) is 6.32. The molecule has 1 aromatic rings. The van der Waals surface area contributed by atoms with Crippen molar-refractivity contribution in [2.75, 3.05) is 33.2 Å². The number of guanidine groups is 1. The van der Waals surface area contributed by atoms with Crippen molar-refractivity contribution in [3.8, 4) is 0 Å².